The smallest absolute Gasteiger partial charge is 0.153 e. The second-order valence-corrected chi connectivity index (χ2v) is 4.17. The first-order chi connectivity index (χ1) is 7.34. The summed E-state index contributed by atoms with van der Waals surface area (Å²) in [6.45, 7) is 2.25. The molecule has 0 aliphatic carbocycles. The number of hydrogen-bond donors (Lipinski definition) is 0. The van der Waals surface area contributed by atoms with E-state index in [1.165, 1.54) is 18.7 Å². The van der Waals surface area contributed by atoms with Crippen LogP contribution in [0.4, 0.5) is 0 Å². The van der Waals surface area contributed by atoms with Gasteiger partial charge in [0.2, 0.25) is 0 Å². The maximum absolute atomic E-state index is 5.36. The number of imidazole rings is 1. The van der Waals surface area contributed by atoms with Crippen LogP contribution < -0.4 is 0 Å². The van der Waals surface area contributed by atoms with Crippen LogP contribution in [-0.4, -0.2) is 9.55 Å². The summed E-state index contributed by atoms with van der Waals surface area (Å²) >= 11 is 0. The highest BCUT2D eigenvalue weighted by atomic mass is 16.3. The molecule has 0 fully saturated rings. The van der Waals surface area contributed by atoms with Crippen molar-refractivity contribution in [2.45, 2.75) is 32.2 Å². The van der Waals surface area contributed by atoms with Crippen LogP contribution >= 0.6 is 0 Å². The van der Waals surface area contributed by atoms with Gasteiger partial charge in [0, 0.05) is 18.7 Å². The Kier molecular flexibility index (Phi) is 1.91. The number of nitrogens with zero attached hydrogens (tertiary/aromatic N) is 2. The molecule has 78 valence electrons. The van der Waals surface area contributed by atoms with Gasteiger partial charge in [-0.05, 0) is 31.9 Å². The first kappa shape index (κ1) is 8.77. The standard InChI is InChI=1S/C12H14N2O/c1-9-4-2-6-12-13-10(8-14(9)12)11-5-3-7-15-11/h3,5,7-9H,2,4,6H2,1H3/t9-/m0/s1. The van der Waals surface area contributed by atoms with E-state index in [2.05, 4.69) is 22.7 Å². The van der Waals surface area contributed by atoms with Crippen LogP contribution in [0.15, 0.2) is 29.0 Å². The maximum atomic E-state index is 5.36. The van der Waals surface area contributed by atoms with Crippen molar-refractivity contribution < 1.29 is 4.42 Å². The zero-order valence-corrected chi connectivity index (χ0v) is 8.81. The molecule has 0 radical (unpaired) electrons. The molecule has 0 saturated carbocycles. The van der Waals surface area contributed by atoms with Crippen LogP contribution in [-0.2, 0) is 6.42 Å². The molecule has 0 N–H and O–H groups in total. The molecular formula is C12H14N2O. The molecule has 1 aliphatic heterocycles. The Morgan fingerprint density at radius 2 is 2.47 bits per heavy atom. The normalized spacial score (nSPS) is 20.2. The molecule has 2 aromatic heterocycles. The quantitative estimate of drug-likeness (QED) is 0.711. The minimum Gasteiger partial charge on any atom is -0.463 e. The molecule has 0 aromatic carbocycles. The topological polar surface area (TPSA) is 31.0 Å². The van der Waals surface area contributed by atoms with Gasteiger partial charge in [-0.1, -0.05) is 0 Å². The van der Waals surface area contributed by atoms with Gasteiger partial charge in [0.05, 0.1) is 6.26 Å². The molecule has 0 amide bonds. The van der Waals surface area contributed by atoms with E-state index in [0.29, 0.717) is 6.04 Å². The molecular weight excluding hydrogens is 188 g/mol. The number of hydrogen-bond acceptors (Lipinski definition) is 2. The minimum atomic E-state index is 0.574. The van der Waals surface area contributed by atoms with Crippen molar-refractivity contribution in [1.82, 2.24) is 9.55 Å². The van der Waals surface area contributed by atoms with E-state index in [4.69, 9.17) is 4.42 Å². The summed E-state index contributed by atoms with van der Waals surface area (Å²) in [4.78, 5) is 4.61. The maximum Gasteiger partial charge on any atom is 0.153 e. The third-order valence-electron chi connectivity index (χ3n) is 3.08. The Morgan fingerprint density at radius 1 is 1.53 bits per heavy atom. The van der Waals surface area contributed by atoms with Crippen LogP contribution in [0.3, 0.4) is 0 Å². The molecule has 3 heteroatoms. The highest BCUT2D eigenvalue weighted by Gasteiger charge is 2.19. The van der Waals surface area contributed by atoms with Crippen LogP contribution in [0.1, 0.15) is 31.6 Å². The van der Waals surface area contributed by atoms with Crippen molar-refractivity contribution in [3.63, 3.8) is 0 Å². The summed E-state index contributed by atoms with van der Waals surface area (Å²) in [5, 5.41) is 0. The number of rotatable bonds is 1. The lowest BCUT2D eigenvalue weighted by Gasteiger charge is -2.20. The Bertz CT molecular complexity index is 456. The summed E-state index contributed by atoms with van der Waals surface area (Å²) < 4.78 is 7.64. The van der Waals surface area contributed by atoms with Crippen LogP contribution in [0, 0.1) is 0 Å². The summed E-state index contributed by atoms with van der Waals surface area (Å²) in [6, 6.07) is 4.43. The second kappa shape index (κ2) is 3.26. The zero-order chi connectivity index (χ0) is 10.3. The first-order valence-electron chi connectivity index (χ1n) is 5.46. The zero-order valence-electron chi connectivity index (χ0n) is 8.81. The van der Waals surface area contributed by atoms with Crippen molar-refractivity contribution in [3.8, 4) is 11.5 Å². The van der Waals surface area contributed by atoms with Gasteiger partial charge in [-0.3, -0.25) is 0 Å². The molecule has 3 rings (SSSR count). The van der Waals surface area contributed by atoms with Gasteiger partial charge in [-0.25, -0.2) is 4.98 Å². The average Bonchev–Trinajstić information content (AvgIpc) is 2.86. The molecule has 0 unspecified atom stereocenters. The van der Waals surface area contributed by atoms with Gasteiger partial charge >= 0.3 is 0 Å². The summed E-state index contributed by atoms with van der Waals surface area (Å²) in [7, 11) is 0. The van der Waals surface area contributed by atoms with E-state index < -0.39 is 0 Å². The van der Waals surface area contributed by atoms with Crippen LogP contribution in [0.25, 0.3) is 11.5 Å². The fraction of sp³-hybridized carbons (Fsp3) is 0.417. The molecule has 0 spiro atoms. The van der Waals surface area contributed by atoms with Crippen LogP contribution in [0.5, 0.6) is 0 Å². The van der Waals surface area contributed by atoms with Gasteiger partial charge < -0.3 is 8.98 Å². The molecule has 15 heavy (non-hydrogen) atoms. The van der Waals surface area contributed by atoms with Gasteiger partial charge in [-0.15, -0.1) is 0 Å². The van der Waals surface area contributed by atoms with E-state index in [-0.39, 0.29) is 0 Å². The predicted molar refractivity (Wildman–Crippen MR) is 57.6 cm³/mol. The highest BCUT2D eigenvalue weighted by Crippen LogP contribution is 2.28. The van der Waals surface area contributed by atoms with E-state index in [9.17, 15) is 0 Å². The lowest BCUT2D eigenvalue weighted by Crippen LogP contribution is -2.14. The highest BCUT2D eigenvalue weighted by molar-refractivity contribution is 5.51. The SMILES string of the molecule is C[C@H]1CCCc2nc(-c3ccco3)cn21. The van der Waals surface area contributed by atoms with Gasteiger partial charge in [-0.2, -0.15) is 0 Å². The molecule has 0 bridgehead atoms. The van der Waals surface area contributed by atoms with E-state index in [1.54, 1.807) is 6.26 Å². The van der Waals surface area contributed by atoms with E-state index in [1.807, 2.05) is 12.1 Å². The largest absolute Gasteiger partial charge is 0.463 e. The fourth-order valence-electron chi connectivity index (χ4n) is 2.24. The number of furan rings is 1. The molecule has 1 aliphatic rings. The molecule has 0 saturated heterocycles. The number of aromatic nitrogens is 2. The lowest BCUT2D eigenvalue weighted by atomic mass is 10.1. The minimum absolute atomic E-state index is 0.574. The third kappa shape index (κ3) is 1.39. The van der Waals surface area contributed by atoms with Gasteiger partial charge in [0.25, 0.3) is 0 Å². The summed E-state index contributed by atoms with van der Waals surface area (Å²) in [5.74, 6) is 2.06. The van der Waals surface area contributed by atoms with E-state index >= 15 is 0 Å². The first-order valence-corrected chi connectivity index (χ1v) is 5.46. The van der Waals surface area contributed by atoms with Crippen molar-refractivity contribution in [1.29, 1.82) is 0 Å². The average molecular weight is 202 g/mol. The van der Waals surface area contributed by atoms with Crippen molar-refractivity contribution >= 4 is 0 Å². The molecule has 3 heterocycles. The van der Waals surface area contributed by atoms with Gasteiger partial charge in [0.15, 0.2) is 5.76 Å². The number of fused-ring (bicyclic) bond motifs is 1. The van der Waals surface area contributed by atoms with Crippen molar-refractivity contribution in [2.75, 3.05) is 0 Å². The second-order valence-electron chi connectivity index (χ2n) is 4.17. The van der Waals surface area contributed by atoms with Gasteiger partial charge in [0.1, 0.15) is 11.5 Å². The monoisotopic (exact) mass is 202 g/mol. The Hall–Kier alpha value is -1.51. The summed E-state index contributed by atoms with van der Waals surface area (Å²) in [5.41, 5.74) is 0.962. The lowest BCUT2D eigenvalue weighted by molar-refractivity contribution is 0.426. The summed E-state index contributed by atoms with van der Waals surface area (Å²) in [6.07, 6.45) is 7.39. The van der Waals surface area contributed by atoms with Crippen molar-refractivity contribution in [3.05, 3.63) is 30.4 Å². The molecule has 3 nitrogen and oxygen atoms in total. The van der Waals surface area contributed by atoms with E-state index in [0.717, 1.165) is 17.9 Å². The van der Waals surface area contributed by atoms with Crippen molar-refractivity contribution in [2.24, 2.45) is 0 Å². The molecule has 1 atom stereocenters. The molecule has 2 aromatic rings. The fourth-order valence-corrected chi connectivity index (χ4v) is 2.24. The number of aryl methyl sites for hydroxylation is 1. The Labute approximate surface area is 88.7 Å². The Morgan fingerprint density at radius 3 is 3.20 bits per heavy atom. The predicted octanol–water partition coefficient (Wildman–Crippen LogP) is 3.04. The third-order valence-corrected chi connectivity index (χ3v) is 3.08. The Balaban J connectivity index is 2.06. The van der Waals surface area contributed by atoms with Crippen LogP contribution in [0.2, 0.25) is 0 Å².